The number of ketones is 1. The van der Waals surface area contributed by atoms with E-state index in [-0.39, 0.29) is 5.78 Å². The fourth-order valence-electron chi connectivity index (χ4n) is 4.45. The number of nitrogens with zero attached hydrogens (tertiary/aromatic N) is 1. The molecule has 0 spiro atoms. The van der Waals surface area contributed by atoms with Crippen molar-refractivity contribution in [1.82, 2.24) is 10.2 Å². The number of carbonyl (C=O) groups excluding carboxylic acids is 2. The van der Waals surface area contributed by atoms with E-state index in [4.69, 9.17) is 0 Å². The van der Waals surface area contributed by atoms with E-state index >= 15 is 0 Å². The number of carbonyl (C=O) groups is 2. The van der Waals surface area contributed by atoms with Gasteiger partial charge in [-0.25, -0.2) is 0 Å². The second-order valence-corrected chi connectivity index (χ2v) is 8.64. The van der Waals surface area contributed by atoms with Crippen molar-refractivity contribution in [3.05, 3.63) is 28.2 Å². The van der Waals surface area contributed by atoms with E-state index in [1.807, 2.05) is 19.9 Å². The lowest BCUT2D eigenvalue weighted by Gasteiger charge is -2.54. The Morgan fingerprint density at radius 3 is 2.42 bits per heavy atom. The SMILES string of the molecule is C[C@]12CNC[C@](C)(CN(C3(O)C(=O)Nc4ccc(Br)cc43)C1)C2=O. The topological polar surface area (TPSA) is 81.7 Å². The van der Waals surface area contributed by atoms with Crippen LogP contribution >= 0.6 is 15.9 Å². The Morgan fingerprint density at radius 1 is 1.17 bits per heavy atom. The summed E-state index contributed by atoms with van der Waals surface area (Å²) in [5.74, 6) is -0.246. The second kappa shape index (κ2) is 4.88. The first-order valence-corrected chi connectivity index (χ1v) is 8.83. The first-order valence-electron chi connectivity index (χ1n) is 8.04. The van der Waals surface area contributed by atoms with Crippen molar-refractivity contribution in [3.63, 3.8) is 0 Å². The Bertz CT molecular complexity index is 747. The minimum absolute atomic E-state index is 0.210. The molecule has 1 amide bonds. The van der Waals surface area contributed by atoms with E-state index in [0.29, 0.717) is 37.4 Å². The summed E-state index contributed by atoms with van der Waals surface area (Å²) in [5.41, 5.74) is -1.83. The van der Waals surface area contributed by atoms with Gasteiger partial charge in [0.1, 0.15) is 5.78 Å². The van der Waals surface area contributed by atoms with E-state index in [1.165, 1.54) is 0 Å². The van der Waals surface area contributed by atoms with Crippen LogP contribution in [0.4, 0.5) is 5.69 Å². The Hall–Kier alpha value is -1.28. The molecule has 3 aliphatic heterocycles. The number of rotatable bonds is 1. The van der Waals surface area contributed by atoms with Gasteiger partial charge in [0, 0.05) is 41.9 Å². The zero-order chi connectivity index (χ0) is 17.3. The minimum Gasteiger partial charge on any atom is -0.364 e. The highest BCUT2D eigenvalue weighted by molar-refractivity contribution is 9.10. The first-order chi connectivity index (χ1) is 11.2. The van der Waals surface area contributed by atoms with Crippen LogP contribution in [0.15, 0.2) is 22.7 Å². The Labute approximate surface area is 148 Å². The van der Waals surface area contributed by atoms with E-state index in [0.717, 1.165) is 4.47 Å². The largest absolute Gasteiger partial charge is 0.364 e. The van der Waals surface area contributed by atoms with Crippen LogP contribution in [0.25, 0.3) is 0 Å². The summed E-state index contributed by atoms with van der Waals surface area (Å²) in [4.78, 5) is 27.3. The highest BCUT2D eigenvalue weighted by Crippen LogP contribution is 2.47. The zero-order valence-corrected chi connectivity index (χ0v) is 15.2. The Morgan fingerprint density at radius 2 is 1.79 bits per heavy atom. The molecule has 24 heavy (non-hydrogen) atoms. The number of amides is 1. The molecular formula is C17H20BrN3O3. The summed E-state index contributed by atoms with van der Waals surface area (Å²) < 4.78 is 0.795. The van der Waals surface area contributed by atoms with Gasteiger partial charge in [-0.05, 0) is 18.2 Å². The molecule has 0 radical (unpaired) electrons. The van der Waals surface area contributed by atoms with Gasteiger partial charge in [0.15, 0.2) is 0 Å². The summed E-state index contributed by atoms with van der Waals surface area (Å²) in [6, 6.07) is 5.37. The number of piperidine rings is 2. The van der Waals surface area contributed by atoms with Crippen LogP contribution < -0.4 is 10.6 Å². The molecule has 2 bridgehead atoms. The van der Waals surface area contributed by atoms with E-state index in [2.05, 4.69) is 26.6 Å². The second-order valence-electron chi connectivity index (χ2n) is 7.73. The summed E-state index contributed by atoms with van der Waals surface area (Å²) in [6.45, 7) is 5.60. The van der Waals surface area contributed by atoms with Crippen molar-refractivity contribution in [2.24, 2.45) is 10.8 Å². The van der Waals surface area contributed by atoms with Gasteiger partial charge in [0.05, 0.1) is 10.8 Å². The number of benzene rings is 1. The smallest absolute Gasteiger partial charge is 0.276 e. The fraction of sp³-hybridized carbons (Fsp3) is 0.529. The molecule has 6 nitrogen and oxygen atoms in total. The van der Waals surface area contributed by atoms with Crippen molar-refractivity contribution in [2.45, 2.75) is 19.6 Å². The highest BCUT2D eigenvalue weighted by Gasteiger charge is 2.60. The van der Waals surface area contributed by atoms with Crippen LogP contribution in [0.1, 0.15) is 19.4 Å². The molecule has 3 N–H and O–H groups in total. The number of aliphatic hydroxyl groups is 1. The normalized spacial score (nSPS) is 38.8. The average molecular weight is 394 g/mol. The lowest BCUT2D eigenvalue weighted by Crippen LogP contribution is -2.71. The van der Waals surface area contributed by atoms with Gasteiger partial charge in [0.2, 0.25) is 5.72 Å². The Balaban J connectivity index is 1.81. The van der Waals surface area contributed by atoms with Crippen molar-refractivity contribution in [2.75, 3.05) is 31.5 Å². The van der Waals surface area contributed by atoms with Crippen LogP contribution in [0.5, 0.6) is 0 Å². The summed E-state index contributed by atoms with van der Waals surface area (Å²) >= 11 is 3.41. The number of Topliss-reactive ketones (excluding diaryl/α,β-unsaturated/α-hetero) is 1. The lowest BCUT2D eigenvalue weighted by atomic mass is 9.64. The van der Waals surface area contributed by atoms with Crippen molar-refractivity contribution >= 4 is 33.3 Å². The molecule has 2 saturated heterocycles. The molecule has 0 aliphatic carbocycles. The van der Waals surface area contributed by atoms with Crippen molar-refractivity contribution in [1.29, 1.82) is 0 Å². The molecule has 3 heterocycles. The molecule has 4 rings (SSSR count). The molecule has 0 aromatic heterocycles. The fourth-order valence-corrected chi connectivity index (χ4v) is 4.81. The maximum atomic E-state index is 12.8. The molecule has 1 aromatic carbocycles. The third kappa shape index (κ3) is 1.98. The van der Waals surface area contributed by atoms with Crippen LogP contribution in [0.2, 0.25) is 0 Å². The average Bonchev–Trinajstić information content (AvgIpc) is 2.75. The van der Waals surface area contributed by atoms with E-state index < -0.39 is 22.5 Å². The summed E-state index contributed by atoms with van der Waals surface area (Å²) in [6.07, 6.45) is 0. The van der Waals surface area contributed by atoms with Crippen LogP contribution in [-0.2, 0) is 15.3 Å². The monoisotopic (exact) mass is 393 g/mol. The minimum atomic E-state index is -1.75. The van der Waals surface area contributed by atoms with Gasteiger partial charge in [-0.15, -0.1) is 0 Å². The van der Waals surface area contributed by atoms with Crippen molar-refractivity contribution < 1.29 is 14.7 Å². The lowest BCUT2D eigenvalue weighted by molar-refractivity contribution is -0.185. The maximum absolute atomic E-state index is 12.8. The first kappa shape index (κ1) is 16.2. The van der Waals surface area contributed by atoms with Gasteiger partial charge in [-0.2, -0.15) is 0 Å². The van der Waals surface area contributed by atoms with Crippen molar-refractivity contribution in [3.8, 4) is 0 Å². The summed E-state index contributed by atoms with van der Waals surface area (Å²) in [7, 11) is 0. The Kier molecular flexibility index (Phi) is 3.29. The van der Waals surface area contributed by atoms with Gasteiger partial charge >= 0.3 is 0 Å². The van der Waals surface area contributed by atoms with Gasteiger partial charge in [-0.1, -0.05) is 29.8 Å². The molecule has 3 aliphatic rings. The molecule has 3 atom stereocenters. The van der Waals surface area contributed by atoms with Gasteiger partial charge in [0.25, 0.3) is 5.91 Å². The third-order valence-electron chi connectivity index (χ3n) is 5.59. The summed E-state index contributed by atoms with van der Waals surface area (Å²) in [5, 5.41) is 17.5. The van der Waals surface area contributed by atoms with E-state index in [1.54, 1.807) is 17.0 Å². The molecule has 1 aromatic rings. The number of halogens is 1. The number of fused-ring (bicyclic) bond motifs is 3. The quantitative estimate of drug-likeness (QED) is 0.664. The third-order valence-corrected chi connectivity index (χ3v) is 6.08. The number of nitrogens with one attached hydrogen (secondary N) is 2. The van der Waals surface area contributed by atoms with Crippen LogP contribution in [0.3, 0.4) is 0 Å². The highest BCUT2D eigenvalue weighted by atomic mass is 79.9. The number of anilines is 1. The van der Waals surface area contributed by atoms with Gasteiger partial charge in [-0.3, -0.25) is 14.5 Å². The molecule has 0 saturated carbocycles. The molecule has 2 fully saturated rings. The molecule has 1 unspecified atom stereocenters. The number of likely N-dealkylation sites (tertiary alicyclic amines) is 1. The molecular weight excluding hydrogens is 374 g/mol. The standard InChI is InChI=1S/C17H20BrN3O3/c1-15-6-19-7-16(2,13(15)22)9-21(8-15)17(24)11-5-10(18)3-4-12(11)20-14(17)23/h3-5,19,24H,6-9H2,1-2H3,(H,20,23)/t15-,16+,17?. The van der Waals surface area contributed by atoms with E-state index in [9.17, 15) is 14.7 Å². The van der Waals surface area contributed by atoms with Crippen LogP contribution in [0, 0.1) is 10.8 Å². The molecule has 128 valence electrons. The zero-order valence-electron chi connectivity index (χ0n) is 13.6. The predicted molar refractivity (Wildman–Crippen MR) is 92.3 cm³/mol. The number of hydrogen-bond acceptors (Lipinski definition) is 5. The molecule has 7 heteroatoms. The number of hydrogen-bond donors (Lipinski definition) is 3. The predicted octanol–water partition coefficient (Wildman–Crippen LogP) is 1.05. The van der Waals surface area contributed by atoms with Gasteiger partial charge < -0.3 is 15.7 Å². The van der Waals surface area contributed by atoms with Crippen LogP contribution in [-0.4, -0.2) is 47.9 Å². The maximum Gasteiger partial charge on any atom is 0.276 e.